The lowest BCUT2D eigenvalue weighted by Crippen LogP contribution is -2.36. The van der Waals surface area contributed by atoms with Crippen molar-refractivity contribution in [3.63, 3.8) is 0 Å². The summed E-state index contributed by atoms with van der Waals surface area (Å²) in [6.07, 6.45) is 0. The summed E-state index contributed by atoms with van der Waals surface area (Å²) < 4.78 is 36.3. The van der Waals surface area contributed by atoms with Crippen LogP contribution in [0.1, 0.15) is 30.5 Å². The molecule has 0 unspecified atom stereocenters. The first-order chi connectivity index (χ1) is 23.3. The minimum absolute atomic E-state index is 0.0417. The Morgan fingerprint density at radius 2 is 1.29 bits per heavy atom. The molecule has 0 spiro atoms. The average Bonchev–Trinajstić information content (AvgIpc) is 3.49. The van der Waals surface area contributed by atoms with Crippen molar-refractivity contribution in [2.45, 2.75) is 26.2 Å². The zero-order chi connectivity index (χ0) is 33.3. The van der Waals surface area contributed by atoms with Crippen molar-refractivity contribution in [3.8, 4) is 40.1 Å². The molecule has 9 heteroatoms. The molecule has 0 saturated heterocycles. The molecule has 9 nitrogen and oxygen atoms in total. The molecule has 0 fully saturated rings. The zero-order valence-corrected chi connectivity index (χ0v) is 25.9. The van der Waals surface area contributed by atoms with Crippen LogP contribution in [0.3, 0.4) is 0 Å². The average molecular weight is 641 g/mol. The topological polar surface area (TPSA) is 110 Å². The Kier molecular flexibility index (Phi) is 7.86. The van der Waals surface area contributed by atoms with Crippen molar-refractivity contribution in [3.05, 3.63) is 148 Å². The maximum absolute atomic E-state index is 14.0. The Bertz CT molecular complexity index is 2170. The number of hydrogen-bond acceptors (Lipinski definition) is 9. The Hall–Kier alpha value is -6.35. The molecule has 0 radical (unpaired) electrons. The van der Waals surface area contributed by atoms with Crippen molar-refractivity contribution in [1.82, 2.24) is 0 Å². The molecule has 7 rings (SSSR count). The highest BCUT2D eigenvalue weighted by molar-refractivity contribution is 5.91. The molecule has 0 aliphatic carbocycles. The summed E-state index contributed by atoms with van der Waals surface area (Å²) in [4.78, 5) is 38.4. The molecule has 1 aromatic heterocycles. The van der Waals surface area contributed by atoms with Crippen LogP contribution >= 0.6 is 0 Å². The maximum Gasteiger partial charge on any atom is 0.308 e. The van der Waals surface area contributed by atoms with E-state index in [1.807, 2.05) is 91.0 Å². The second-order valence-corrected chi connectivity index (χ2v) is 11.1. The molecule has 5 aromatic carbocycles. The highest BCUT2D eigenvalue weighted by Crippen LogP contribution is 2.49. The number of carbonyl (C=O) groups excluding carboxylic acids is 2. The van der Waals surface area contributed by atoms with E-state index in [9.17, 15) is 14.4 Å². The van der Waals surface area contributed by atoms with E-state index in [1.165, 1.54) is 26.0 Å². The SMILES string of the molecule is CC(=O)Oc1c(-c2ccc3c(c2)OC(c2ccccc2)(c2ccccc2)O3)oc2cc(OCc3ccccc3)cc(OC(C)=O)c2c1=O. The van der Waals surface area contributed by atoms with E-state index in [1.54, 1.807) is 18.2 Å². The molecular weight excluding hydrogens is 612 g/mol. The lowest BCUT2D eigenvalue weighted by atomic mass is 9.97. The smallest absolute Gasteiger partial charge is 0.308 e. The van der Waals surface area contributed by atoms with E-state index in [0.717, 1.165) is 16.7 Å². The van der Waals surface area contributed by atoms with Gasteiger partial charge in [0, 0.05) is 42.7 Å². The van der Waals surface area contributed by atoms with Gasteiger partial charge in [-0.3, -0.25) is 14.4 Å². The van der Waals surface area contributed by atoms with E-state index < -0.39 is 23.2 Å². The first kappa shape index (κ1) is 30.3. The summed E-state index contributed by atoms with van der Waals surface area (Å²) >= 11 is 0. The highest BCUT2D eigenvalue weighted by atomic mass is 16.7. The molecule has 0 bridgehead atoms. The van der Waals surface area contributed by atoms with Crippen LogP contribution in [0.5, 0.6) is 28.7 Å². The van der Waals surface area contributed by atoms with Crippen LogP contribution in [0.4, 0.5) is 0 Å². The summed E-state index contributed by atoms with van der Waals surface area (Å²) in [6.45, 7) is 2.60. The van der Waals surface area contributed by atoms with Gasteiger partial charge < -0.3 is 28.1 Å². The predicted molar refractivity (Wildman–Crippen MR) is 176 cm³/mol. The van der Waals surface area contributed by atoms with Crippen LogP contribution in [-0.4, -0.2) is 11.9 Å². The number of carbonyl (C=O) groups is 2. The van der Waals surface area contributed by atoms with Crippen molar-refractivity contribution >= 4 is 22.9 Å². The lowest BCUT2D eigenvalue weighted by Gasteiger charge is -2.28. The van der Waals surface area contributed by atoms with Gasteiger partial charge in [-0.15, -0.1) is 0 Å². The number of hydrogen-bond donors (Lipinski definition) is 0. The molecule has 48 heavy (non-hydrogen) atoms. The van der Waals surface area contributed by atoms with Crippen LogP contribution in [0.25, 0.3) is 22.3 Å². The maximum atomic E-state index is 14.0. The van der Waals surface area contributed by atoms with Gasteiger partial charge in [0.25, 0.3) is 0 Å². The fraction of sp³-hybridized carbons (Fsp3) is 0.103. The van der Waals surface area contributed by atoms with Crippen molar-refractivity contribution in [2.24, 2.45) is 0 Å². The van der Waals surface area contributed by atoms with Gasteiger partial charge in [-0.05, 0) is 23.8 Å². The third kappa shape index (κ3) is 5.73. The van der Waals surface area contributed by atoms with Crippen LogP contribution in [0.2, 0.25) is 0 Å². The van der Waals surface area contributed by atoms with Crippen LogP contribution in [0.15, 0.2) is 131 Å². The molecule has 2 heterocycles. The first-order valence-corrected chi connectivity index (χ1v) is 15.1. The molecule has 1 aliphatic heterocycles. The fourth-order valence-corrected chi connectivity index (χ4v) is 5.59. The quantitative estimate of drug-likeness (QED) is 0.123. The fourth-order valence-electron chi connectivity index (χ4n) is 5.59. The second-order valence-electron chi connectivity index (χ2n) is 11.1. The standard InChI is InChI=1S/C39H28O9/c1-24(40)44-33-21-30(43-23-26-12-6-3-7-13-26)22-34-35(33)36(42)38(45-25(2)41)37(46-34)27-18-19-31-32(20-27)48-39(47-31,28-14-8-4-9-15-28)29-16-10-5-11-17-29/h3-22H,23H2,1-2H3. The summed E-state index contributed by atoms with van der Waals surface area (Å²) in [6, 6.07) is 36.5. The van der Waals surface area contributed by atoms with Gasteiger partial charge in [0.05, 0.1) is 0 Å². The zero-order valence-electron chi connectivity index (χ0n) is 25.9. The van der Waals surface area contributed by atoms with Gasteiger partial charge in [0.2, 0.25) is 11.2 Å². The van der Waals surface area contributed by atoms with Gasteiger partial charge in [-0.25, -0.2) is 0 Å². The summed E-state index contributed by atoms with van der Waals surface area (Å²) in [5, 5.41) is -0.0924. The number of fused-ring (bicyclic) bond motifs is 2. The Morgan fingerprint density at radius 3 is 1.92 bits per heavy atom. The van der Waals surface area contributed by atoms with E-state index >= 15 is 0 Å². The van der Waals surface area contributed by atoms with Crippen LogP contribution in [0, 0.1) is 0 Å². The Morgan fingerprint density at radius 1 is 0.688 bits per heavy atom. The Balaban J connectivity index is 1.36. The van der Waals surface area contributed by atoms with E-state index in [2.05, 4.69) is 0 Å². The third-order valence-electron chi connectivity index (χ3n) is 7.66. The van der Waals surface area contributed by atoms with Crippen molar-refractivity contribution < 1.29 is 37.7 Å². The van der Waals surface area contributed by atoms with E-state index in [0.29, 0.717) is 17.1 Å². The van der Waals surface area contributed by atoms with Crippen LogP contribution in [-0.2, 0) is 22.0 Å². The van der Waals surface area contributed by atoms with Crippen molar-refractivity contribution in [1.29, 1.82) is 0 Å². The minimum Gasteiger partial charge on any atom is -0.489 e. The van der Waals surface area contributed by atoms with Gasteiger partial charge in [-0.2, -0.15) is 0 Å². The van der Waals surface area contributed by atoms with Gasteiger partial charge in [-0.1, -0.05) is 91.0 Å². The predicted octanol–water partition coefficient (Wildman–Crippen LogP) is 7.56. The summed E-state index contributed by atoms with van der Waals surface area (Å²) in [5.74, 6) is -2.09. The lowest BCUT2D eigenvalue weighted by molar-refractivity contribution is -0.133. The largest absolute Gasteiger partial charge is 0.489 e. The van der Waals surface area contributed by atoms with E-state index in [-0.39, 0.29) is 40.6 Å². The minimum atomic E-state index is -1.28. The Labute approximate surface area is 274 Å². The first-order valence-electron chi connectivity index (χ1n) is 15.1. The summed E-state index contributed by atoms with van der Waals surface area (Å²) in [5.41, 5.74) is 2.15. The van der Waals surface area contributed by atoms with Gasteiger partial charge in [0.15, 0.2) is 17.3 Å². The molecule has 0 N–H and O–H groups in total. The number of ether oxygens (including phenoxy) is 5. The molecular formula is C39H28O9. The normalized spacial score (nSPS) is 12.8. The third-order valence-corrected chi connectivity index (χ3v) is 7.66. The van der Waals surface area contributed by atoms with Gasteiger partial charge in [0.1, 0.15) is 29.1 Å². The number of rotatable bonds is 8. The van der Waals surface area contributed by atoms with Gasteiger partial charge >= 0.3 is 17.7 Å². The molecule has 0 saturated carbocycles. The molecule has 6 aromatic rings. The van der Waals surface area contributed by atoms with Crippen molar-refractivity contribution in [2.75, 3.05) is 0 Å². The number of benzene rings is 5. The molecule has 1 aliphatic rings. The molecule has 0 atom stereocenters. The second kappa shape index (κ2) is 12.4. The highest BCUT2D eigenvalue weighted by Gasteiger charge is 2.45. The molecule has 238 valence electrons. The number of esters is 2. The summed E-state index contributed by atoms with van der Waals surface area (Å²) in [7, 11) is 0. The monoisotopic (exact) mass is 640 g/mol. The van der Waals surface area contributed by atoms with E-state index in [4.69, 9.17) is 28.1 Å². The van der Waals surface area contributed by atoms with Crippen LogP contribution < -0.4 is 29.1 Å². The molecule has 0 amide bonds.